The molecule has 0 radical (unpaired) electrons. The fourth-order valence-electron chi connectivity index (χ4n) is 6.76. The number of nitrogens with zero attached hydrogens (tertiary/aromatic N) is 1. The van der Waals surface area contributed by atoms with E-state index in [0.717, 1.165) is 52.0 Å². The molecule has 8 heteroatoms. The highest BCUT2D eigenvalue weighted by molar-refractivity contribution is 5.72. The van der Waals surface area contributed by atoms with Crippen LogP contribution in [0.4, 0.5) is 0 Å². The van der Waals surface area contributed by atoms with Crippen LogP contribution >= 0.6 is 0 Å². The van der Waals surface area contributed by atoms with E-state index in [9.17, 15) is 4.79 Å². The molecular weight excluding hydrogens is 606 g/mol. The molecule has 2 rings (SSSR count). The van der Waals surface area contributed by atoms with Gasteiger partial charge in [0.1, 0.15) is 24.9 Å². The molecule has 2 saturated heterocycles. The lowest BCUT2D eigenvalue weighted by Gasteiger charge is -2.28. The fraction of sp³-hybridized carbons (Fsp3) is 0.975. The highest BCUT2D eigenvalue weighted by Gasteiger charge is 2.40. The molecule has 8 nitrogen and oxygen atoms in total. The van der Waals surface area contributed by atoms with E-state index in [1.54, 1.807) is 0 Å². The summed E-state index contributed by atoms with van der Waals surface area (Å²) in [4.78, 5) is 15.0. The largest absolute Gasteiger partial charge is 0.463 e. The summed E-state index contributed by atoms with van der Waals surface area (Å²) in [6, 6.07) is 0. The summed E-state index contributed by atoms with van der Waals surface area (Å²) in [5, 5.41) is 0. The quantitative estimate of drug-likeness (QED) is 0.0502. The SMILES string of the molecule is CCCCCCCCCCCCOCCO[C@@H]1[C@@H](OCCOCCCCCCCCCCCC)CO[C@@H]1COC(=O)C1CCN(C)CC1. The van der Waals surface area contributed by atoms with Gasteiger partial charge in [-0.25, -0.2) is 0 Å². The Morgan fingerprint density at radius 3 is 1.56 bits per heavy atom. The third-order valence-corrected chi connectivity index (χ3v) is 10.0. The van der Waals surface area contributed by atoms with Crippen molar-refractivity contribution in [1.29, 1.82) is 0 Å². The van der Waals surface area contributed by atoms with Gasteiger partial charge >= 0.3 is 5.97 Å². The molecule has 3 atom stereocenters. The van der Waals surface area contributed by atoms with Crippen LogP contribution in [0.3, 0.4) is 0 Å². The molecule has 48 heavy (non-hydrogen) atoms. The van der Waals surface area contributed by atoms with Crippen LogP contribution < -0.4 is 0 Å². The summed E-state index contributed by atoms with van der Waals surface area (Å²) in [5.41, 5.74) is 0. The first kappa shape index (κ1) is 43.4. The minimum Gasteiger partial charge on any atom is -0.463 e. The standard InChI is InChI=1S/C40H77NO7/c1-4-6-8-10-12-14-16-18-20-22-28-43-30-32-45-37-34-47-38(35-48-40(42)36-24-26-41(3)27-25-36)39(37)46-33-31-44-29-23-21-19-17-15-13-11-9-7-5-2/h36-39H,4-35H2,1-3H3/t37-,38+,39+/m0/s1. The zero-order chi connectivity index (χ0) is 34.3. The van der Waals surface area contributed by atoms with Gasteiger partial charge in [0, 0.05) is 13.2 Å². The smallest absolute Gasteiger partial charge is 0.309 e. The molecule has 0 unspecified atom stereocenters. The van der Waals surface area contributed by atoms with Crippen molar-refractivity contribution < 1.29 is 33.2 Å². The van der Waals surface area contributed by atoms with Crippen LogP contribution in [-0.2, 0) is 33.2 Å². The molecule has 284 valence electrons. The Labute approximate surface area is 296 Å². The Balaban J connectivity index is 1.59. The van der Waals surface area contributed by atoms with Crippen LogP contribution in [0.25, 0.3) is 0 Å². The first-order valence-corrected chi connectivity index (χ1v) is 20.5. The molecule has 2 aliphatic heterocycles. The maximum absolute atomic E-state index is 12.8. The van der Waals surface area contributed by atoms with Crippen molar-refractivity contribution >= 4 is 5.97 Å². The van der Waals surface area contributed by atoms with Gasteiger partial charge < -0.3 is 33.3 Å². The van der Waals surface area contributed by atoms with Gasteiger partial charge in [0.25, 0.3) is 0 Å². The van der Waals surface area contributed by atoms with Gasteiger partial charge in [-0.15, -0.1) is 0 Å². The summed E-state index contributed by atoms with van der Waals surface area (Å²) in [6.07, 6.45) is 27.3. The van der Waals surface area contributed by atoms with Crippen molar-refractivity contribution in [1.82, 2.24) is 4.90 Å². The van der Waals surface area contributed by atoms with Crippen LogP contribution in [0.2, 0.25) is 0 Å². The third-order valence-electron chi connectivity index (χ3n) is 10.0. The lowest BCUT2D eigenvalue weighted by Crippen LogP contribution is -2.40. The maximum atomic E-state index is 12.8. The number of carbonyl (C=O) groups is 1. The van der Waals surface area contributed by atoms with Gasteiger partial charge in [0.2, 0.25) is 0 Å². The van der Waals surface area contributed by atoms with Crippen molar-refractivity contribution in [2.24, 2.45) is 5.92 Å². The second kappa shape index (κ2) is 31.0. The van der Waals surface area contributed by atoms with Crippen molar-refractivity contribution in [2.45, 2.75) is 173 Å². The molecule has 2 aliphatic rings. The Kier molecular flexibility index (Phi) is 28.0. The van der Waals surface area contributed by atoms with Crippen molar-refractivity contribution in [3.8, 4) is 0 Å². The minimum atomic E-state index is -0.334. The van der Waals surface area contributed by atoms with Gasteiger partial charge in [-0.2, -0.15) is 0 Å². The number of unbranched alkanes of at least 4 members (excludes halogenated alkanes) is 18. The lowest BCUT2D eigenvalue weighted by molar-refractivity contribution is -0.156. The number of likely N-dealkylation sites (tertiary alicyclic amines) is 1. The predicted molar refractivity (Wildman–Crippen MR) is 196 cm³/mol. The Bertz CT molecular complexity index is 718. The number of hydrogen-bond acceptors (Lipinski definition) is 8. The Hall–Kier alpha value is -0.770. The zero-order valence-corrected chi connectivity index (χ0v) is 31.7. The minimum absolute atomic E-state index is 0.0269. The van der Waals surface area contributed by atoms with E-state index in [1.807, 2.05) is 0 Å². The van der Waals surface area contributed by atoms with E-state index in [1.165, 1.54) is 116 Å². The Morgan fingerprint density at radius 2 is 1.06 bits per heavy atom. The maximum Gasteiger partial charge on any atom is 0.309 e. The van der Waals surface area contributed by atoms with E-state index < -0.39 is 0 Å². The summed E-state index contributed by atoms with van der Waals surface area (Å²) in [7, 11) is 2.10. The van der Waals surface area contributed by atoms with E-state index in [4.69, 9.17) is 28.4 Å². The molecule has 0 N–H and O–H groups in total. The van der Waals surface area contributed by atoms with Gasteiger partial charge in [-0.3, -0.25) is 4.79 Å². The monoisotopic (exact) mass is 684 g/mol. The molecule has 0 bridgehead atoms. The number of rotatable bonds is 33. The highest BCUT2D eigenvalue weighted by Crippen LogP contribution is 2.23. The summed E-state index contributed by atoms with van der Waals surface area (Å²) < 4.78 is 36.0. The second-order valence-electron chi connectivity index (χ2n) is 14.4. The van der Waals surface area contributed by atoms with Crippen LogP contribution in [0.1, 0.15) is 155 Å². The average molecular weight is 684 g/mol. The first-order valence-electron chi connectivity index (χ1n) is 20.5. The topological polar surface area (TPSA) is 75.7 Å². The number of ether oxygens (including phenoxy) is 6. The van der Waals surface area contributed by atoms with Gasteiger partial charge in [-0.05, 0) is 45.8 Å². The zero-order valence-electron chi connectivity index (χ0n) is 31.7. The summed E-state index contributed by atoms with van der Waals surface area (Å²) in [5.74, 6) is -0.143. The summed E-state index contributed by atoms with van der Waals surface area (Å²) in [6.45, 7) is 10.7. The van der Waals surface area contributed by atoms with Gasteiger partial charge in [0.15, 0.2) is 0 Å². The lowest BCUT2D eigenvalue weighted by atomic mass is 9.97. The van der Waals surface area contributed by atoms with E-state index in [0.29, 0.717) is 33.0 Å². The van der Waals surface area contributed by atoms with Gasteiger partial charge in [0.05, 0.1) is 39.0 Å². The van der Waals surface area contributed by atoms with Crippen molar-refractivity contribution in [3.63, 3.8) is 0 Å². The van der Waals surface area contributed by atoms with Crippen molar-refractivity contribution in [3.05, 3.63) is 0 Å². The molecule has 2 heterocycles. The van der Waals surface area contributed by atoms with Crippen LogP contribution in [0.15, 0.2) is 0 Å². The molecule has 0 aliphatic carbocycles. The molecule has 0 amide bonds. The molecule has 2 fully saturated rings. The third kappa shape index (κ3) is 22.1. The first-order chi connectivity index (χ1) is 23.7. The van der Waals surface area contributed by atoms with E-state index in [-0.39, 0.29) is 36.8 Å². The van der Waals surface area contributed by atoms with Crippen molar-refractivity contribution in [2.75, 3.05) is 73.0 Å². The van der Waals surface area contributed by atoms with Crippen LogP contribution in [0, 0.1) is 5.92 Å². The number of piperidine rings is 1. The average Bonchev–Trinajstić information content (AvgIpc) is 3.48. The number of esters is 1. The normalized spacial score (nSPS) is 20.5. The molecule has 0 aromatic heterocycles. The second-order valence-corrected chi connectivity index (χ2v) is 14.4. The Morgan fingerprint density at radius 1 is 0.604 bits per heavy atom. The van der Waals surface area contributed by atoms with Gasteiger partial charge in [-0.1, -0.05) is 129 Å². The van der Waals surface area contributed by atoms with Crippen LogP contribution in [0.5, 0.6) is 0 Å². The molecule has 0 aromatic carbocycles. The fourth-order valence-corrected chi connectivity index (χ4v) is 6.76. The molecule has 0 spiro atoms. The molecular formula is C40H77NO7. The predicted octanol–water partition coefficient (Wildman–Crippen LogP) is 8.92. The van der Waals surface area contributed by atoms with Crippen LogP contribution in [-0.4, -0.2) is 102 Å². The molecule has 0 aromatic rings. The highest BCUT2D eigenvalue weighted by atomic mass is 16.6. The van der Waals surface area contributed by atoms with E-state index in [2.05, 4.69) is 25.8 Å². The number of carbonyl (C=O) groups excluding carboxylic acids is 1. The van der Waals surface area contributed by atoms with E-state index >= 15 is 0 Å². The number of hydrogen-bond donors (Lipinski definition) is 0. The summed E-state index contributed by atoms with van der Waals surface area (Å²) >= 11 is 0. The molecule has 0 saturated carbocycles.